The molecule has 3 aromatic carbocycles. The van der Waals surface area contributed by atoms with E-state index in [9.17, 15) is 9.59 Å². The van der Waals surface area contributed by atoms with Gasteiger partial charge in [-0.15, -0.1) is 5.10 Å². The number of aromatic nitrogens is 3. The lowest BCUT2D eigenvalue weighted by Crippen LogP contribution is -2.38. The van der Waals surface area contributed by atoms with Gasteiger partial charge in [0.1, 0.15) is 12.3 Å². The summed E-state index contributed by atoms with van der Waals surface area (Å²) in [4.78, 5) is 32.4. The van der Waals surface area contributed by atoms with Crippen LogP contribution in [0.2, 0.25) is 0 Å². The molecule has 0 radical (unpaired) electrons. The second kappa shape index (κ2) is 10.5. The summed E-state index contributed by atoms with van der Waals surface area (Å²) in [5, 5.41) is 7.37. The van der Waals surface area contributed by atoms with Crippen molar-refractivity contribution in [2.75, 3.05) is 11.9 Å². The molecule has 2 aromatic heterocycles. The van der Waals surface area contributed by atoms with Gasteiger partial charge in [0.15, 0.2) is 5.82 Å². The Morgan fingerprint density at radius 1 is 0.833 bits per heavy atom. The van der Waals surface area contributed by atoms with Crippen LogP contribution in [-0.2, 0) is 11.3 Å². The van der Waals surface area contributed by atoms with Gasteiger partial charge in [-0.1, -0.05) is 66.7 Å². The van der Waals surface area contributed by atoms with Crippen molar-refractivity contribution < 1.29 is 14.0 Å². The number of anilines is 1. The molecule has 0 aliphatic rings. The van der Waals surface area contributed by atoms with Crippen LogP contribution in [0, 0.1) is 0 Å². The first-order chi connectivity index (χ1) is 17.7. The van der Waals surface area contributed by atoms with Crippen molar-refractivity contribution in [3.8, 4) is 17.1 Å². The normalized spacial score (nSPS) is 10.7. The number of hydrogen-bond donors (Lipinski definition) is 1. The van der Waals surface area contributed by atoms with E-state index in [0.29, 0.717) is 17.3 Å². The monoisotopic (exact) mass is 477 g/mol. The highest BCUT2D eigenvalue weighted by molar-refractivity contribution is 5.97. The Hall–Kier alpha value is -4.98. The predicted molar refractivity (Wildman–Crippen MR) is 135 cm³/mol. The van der Waals surface area contributed by atoms with Crippen LogP contribution in [0.15, 0.2) is 114 Å². The number of benzene rings is 3. The molecule has 0 saturated carbocycles. The van der Waals surface area contributed by atoms with Crippen molar-refractivity contribution in [3.63, 3.8) is 0 Å². The average Bonchev–Trinajstić information content (AvgIpc) is 3.60. The van der Waals surface area contributed by atoms with Crippen molar-refractivity contribution in [3.05, 3.63) is 121 Å². The lowest BCUT2D eigenvalue weighted by Gasteiger charge is -2.19. The Morgan fingerprint density at radius 3 is 2.17 bits per heavy atom. The Balaban J connectivity index is 1.47. The second-order valence-corrected chi connectivity index (χ2v) is 8.03. The largest absolute Gasteiger partial charge is 0.467 e. The topological polar surface area (TPSA) is 93.3 Å². The van der Waals surface area contributed by atoms with Crippen LogP contribution in [0.5, 0.6) is 0 Å². The number of furan rings is 1. The minimum Gasteiger partial charge on any atom is -0.467 e. The fourth-order valence-corrected chi connectivity index (χ4v) is 3.75. The number of nitrogens with zero attached hydrogens (tertiary/aromatic N) is 4. The molecule has 8 nitrogen and oxygen atoms in total. The highest BCUT2D eigenvalue weighted by Crippen LogP contribution is 2.22. The maximum absolute atomic E-state index is 13.7. The molecule has 2 amide bonds. The number of nitrogens with one attached hydrogen (secondary N) is 1. The third-order valence-corrected chi connectivity index (χ3v) is 5.44. The highest BCUT2D eigenvalue weighted by Gasteiger charge is 2.26. The molecule has 8 heteroatoms. The summed E-state index contributed by atoms with van der Waals surface area (Å²) in [6.45, 7) is -0.108. The molecule has 178 valence electrons. The van der Waals surface area contributed by atoms with Gasteiger partial charge >= 0.3 is 0 Å². The SMILES string of the molecule is O=C(CN(Cc1ccco1)C(=O)c1nc(-c2ccccc2)n(-c2ccccc2)n1)Nc1ccccc1. The van der Waals surface area contributed by atoms with Gasteiger partial charge in [0.25, 0.3) is 5.91 Å². The lowest BCUT2D eigenvalue weighted by molar-refractivity contribution is -0.117. The molecule has 0 atom stereocenters. The van der Waals surface area contributed by atoms with E-state index in [1.54, 1.807) is 28.9 Å². The smallest absolute Gasteiger partial charge is 0.294 e. The van der Waals surface area contributed by atoms with Crippen LogP contribution < -0.4 is 5.32 Å². The maximum Gasteiger partial charge on any atom is 0.294 e. The van der Waals surface area contributed by atoms with Gasteiger partial charge in [0.05, 0.1) is 18.5 Å². The second-order valence-electron chi connectivity index (χ2n) is 8.03. The van der Waals surface area contributed by atoms with Crippen molar-refractivity contribution in [2.45, 2.75) is 6.54 Å². The van der Waals surface area contributed by atoms with E-state index in [2.05, 4.69) is 15.4 Å². The molecule has 36 heavy (non-hydrogen) atoms. The maximum atomic E-state index is 13.7. The molecule has 0 bridgehead atoms. The number of para-hydroxylation sites is 2. The zero-order chi connectivity index (χ0) is 24.7. The summed E-state index contributed by atoms with van der Waals surface area (Å²) in [6.07, 6.45) is 1.53. The summed E-state index contributed by atoms with van der Waals surface area (Å²) in [5.74, 6) is 0.226. The predicted octanol–water partition coefficient (Wildman–Crippen LogP) is 4.81. The van der Waals surface area contributed by atoms with Crippen LogP contribution in [0.4, 0.5) is 5.69 Å². The molecule has 0 saturated heterocycles. The standard InChI is InChI=1S/C28H23N5O3/c34-25(29-22-13-6-2-7-14-22)20-32(19-24-17-10-18-36-24)28(35)26-30-27(21-11-4-1-5-12-21)33(31-26)23-15-8-3-9-16-23/h1-18H,19-20H2,(H,29,34). The van der Waals surface area contributed by atoms with Gasteiger partial charge in [-0.2, -0.15) is 0 Å². The van der Waals surface area contributed by atoms with E-state index in [-0.39, 0.29) is 24.8 Å². The Bertz CT molecular complexity index is 1380. The molecule has 0 spiro atoms. The number of amides is 2. The zero-order valence-electron chi connectivity index (χ0n) is 19.3. The first kappa shape index (κ1) is 22.8. The molecule has 0 aliphatic carbocycles. The van der Waals surface area contributed by atoms with Gasteiger partial charge in [-0.05, 0) is 36.4 Å². The highest BCUT2D eigenvalue weighted by atomic mass is 16.3. The van der Waals surface area contributed by atoms with Gasteiger partial charge in [0, 0.05) is 11.3 Å². The zero-order valence-corrected chi connectivity index (χ0v) is 19.3. The van der Waals surface area contributed by atoms with Gasteiger partial charge in [-0.25, -0.2) is 9.67 Å². The van der Waals surface area contributed by atoms with Gasteiger partial charge in [-0.3, -0.25) is 9.59 Å². The van der Waals surface area contributed by atoms with Crippen molar-refractivity contribution in [1.82, 2.24) is 19.7 Å². The minimum absolute atomic E-state index is 0.0169. The molecule has 0 aliphatic heterocycles. The summed E-state index contributed by atoms with van der Waals surface area (Å²) in [7, 11) is 0. The van der Waals surface area contributed by atoms with Crippen LogP contribution in [0.1, 0.15) is 16.4 Å². The average molecular weight is 478 g/mol. The van der Waals surface area contributed by atoms with Crippen molar-refractivity contribution in [1.29, 1.82) is 0 Å². The number of carbonyl (C=O) groups excluding carboxylic acids is 2. The number of rotatable bonds is 8. The third kappa shape index (κ3) is 5.23. The first-order valence-corrected chi connectivity index (χ1v) is 11.4. The van der Waals surface area contributed by atoms with Gasteiger partial charge in [0.2, 0.25) is 11.7 Å². The number of hydrogen-bond acceptors (Lipinski definition) is 5. The molecule has 0 fully saturated rings. The van der Waals surface area contributed by atoms with E-state index in [1.165, 1.54) is 11.2 Å². The van der Waals surface area contributed by atoms with Crippen LogP contribution in [-0.4, -0.2) is 38.0 Å². The summed E-state index contributed by atoms with van der Waals surface area (Å²) >= 11 is 0. The Labute approximate surface area is 207 Å². The fourth-order valence-electron chi connectivity index (χ4n) is 3.75. The minimum atomic E-state index is -0.485. The van der Waals surface area contributed by atoms with Crippen molar-refractivity contribution in [2.24, 2.45) is 0 Å². The molecule has 2 heterocycles. The van der Waals surface area contributed by atoms with Crippen LogP contribution >= 0.6 is 0 Å². The summed E-state index contributed by atoms with van der Waals surface area (Å²) in [5.41, 5.74) is 2.22. The van der Waals surface area contributed by atoms with Crippen LogP contribution in [0.25, 0.3) is 17.1 Å². The quantitative estimate of drug-likeness (QED) is 0.346. The van der Waals surface area contributed by atoms with Gasteiger partial charge < -0.3 is 14.6 Å². The van der Waals surface area contributed by atoms with E-state index in [4.69, 9.17) is 4.42 Å². The summed E-state index contributed by atoms with van der Waals surface area (Å²) in [6, 6.07) is 31.6. The molecule has 5 aromatic rings. The summed E-state index contributed by atoms with van der Waals surface area (Å²) < 4.78 is 7.08. The Kier molecular flexibility index (Phi) is 6.66. The molecular formula is C28H23N5O3. The fraction of sp³-hybridized carbons (Fsp3) is 0.0714. The number of carbonyl (C=O) groups is 2. The third-order valence-electron chi connectivity index (χ3n) is 5.44. The van der Waals surface area contributed by atoms with E-state index in [1.807, 2.05) is 78.9 Å². The molecule has 1 N–H and O–H groups in total. The Morgan fingerprint density at radius 2 is 1.50 bits per heavy atom. The molecule has 5 rings (SSSR count). The lowest BCUT2D eigenvalue weighted by atomic mass is 10.2. The van der Waals surface area contributed by atoms with E-state index < -0.39 is 5.91 Å². The molecular weight excluding hydrogens is 454 g/mol. The van der Waals surface area contributed by atoms with E-state index in [0.717, 1.165) is 11.3 Å². The van der Waals surface area contributed by atoms with Crippen molar-refractivity contribution >= 4 is 17.5 Å². The van der Waals surface area contributed by atoms with E-state index >= 15 is 0 Å². The first-order valence-electron chi connectivity index (χ1n) is 11.4. The van der Waals surface area contributed by atoms with Crippen LogP contribution in [0.3, 0.4) is 0 Å². The molecule has 0 unspecified atom stereocenters.